The van der Waals surface area contributed by atoms with Crippen molar-refractivity contribution in [3.8, 4) is 22.6 Å². The maximum atomic E-state index is 13.2. The molecular weight excluding hydrogens is 263 g/mol. The van der Waals surface area contributed by atoms with E-state index < -0.39 is 11.8 Å². The highest BCUT2D eigenvalue weighted by atomic mass is 19.1. The molecule has 0 spiro atoms. The predicted octanol–water partition coefficient (Wildman–Crippen LogP) is 3.21. The average Bonchev–Trinajstić information content (AvgIpc) is 2.46. The molecule has 2 aromatic rings. The molecule has 0 unspecified atom stereocenters. The van der Waals surface area contributed by atoms with Crippen LogP contribution < -0.4 is 9.47 Å². The van der Waals surface area contributed by atoms with Gasteiger partial charge in [0.05, 0.1) is 19.8 Å². The number of methoxy groups -OCH3 is 2. The predicted molar refractivity (Wildman–Crippen MR) is 71.9 cm³/mol. The summed E-state index contributed by atoms with van der Waals surface area (Å²) in [6.07, 6.45) is 0. The molecule has 4 nitrogen and oxygen atoms in total. The van der Waals surface area contributed by atoms with E-state index in [-0.39, 0.29) is 5.56 Å². The van der Waals surface area contributed by atoms with Crippen molar-refractivity contribution in [1.82, 2.24) is 0 Å². The van der Waals surface area contributed by atoms with Crippen LogP contribution in [0.2, 0.25) is 0 Å². The minimum atomic E-state index is -1.19. The molecule has 20 heavy (non-hydrogen) atoms. The minimum Gasteiger partial charge on any atom is -0.497 e. The lowest BCUT2D eigenvalue weighted by Gasteiger charge is -2.11. The average molecular weight is 276 g/mol. The molecule has 0 bridgehead atoms. The number of hydrogen-bond donors (Lipinski definition) is 1. The summed E-state index contributed by atoms with van der Waals surface area (Å²) in [5.41, 5.74) is 0.870. The van der Waals surface area contributed by atoms with E-state index in [0.717, 1.165) is 6.07 Å². The summed E-state index contributed by atoms with van der Waals surface area (Å²) in [5, 5.41) is 9.18. The van der Waals surface area contributed by atoms with Gasteiger partial charge in [0.25, 0.3) is 0 Å². The van der Waals surface area contributed by atoms with Crippen LogP contribution in [0.3, 0.4) is 0 Å². The van der Waals surface area contributed by atoms with Crippen molar-refractivity contribution in [3.05, 3.63) is 47.8 Å². The first-order valence-electron chi connectivity index (χ1n) is 5.81. The Kier molecular flexibility index (Phi) is 3.89. The molecule has 0 aliphatic carbocycles. The van der Waals surface area contributed by atoms with Crippen molar-refractivity contribution in [2.24, 2.45) is 0 Å². The van der Waals surface area contributed by atoms with Crippen LogP contribution in [-0.2, 0) is 0 Å². The minimum absolute atomic E-state index is 0.111. The van der Waals surface area contributed by atoms with Crippen LogP contribution >= 0.6 is 0 Å². The lowest BCUT2D eigenvalue weighted by atomic mass is 9.99. The van der Waals surface area contributed by atoms with Crippen molar-refractivity contribution < 1.29 is 23.8 Å². The van der Waals surface area contributed by atoms with E-state index in [9.17, 15) is 14.3 Å². The molecule has 5 heteroatoms. The molecule has 2 aromatic carbocycles. The Morgan fingerprint density at radius 2 is 1.65 bits per heavy atom. The maximum Gasteiger partial charge on any atom is 0.336 e. The molecule has 0 heterocycles. The highest BCUT2D eigenvalue weighted by molar-refractivity contribution is 5.96. The fourth-order valence-electron chi connectivity index (χ4n) is 1.91. The standard InChI is InChI=1S/C15H13FO4/c1-19-11-5-9(6-12(8-11)20-2)13-4-3-10(16)7-14(13)15(17)18/h3-8H,1-2H3,(H,17,18). The summed E-state index contributed by atoms with van der Waals surface area (Å²) in [6, 6.07) is 8.64. The second kappa shape index (κ2) is 5.61. The van der Waals surface area contributed by atoms with Gasteiger partial charge in [0.2, 0.25) is 0 Å². The van der Waals surface area contributed by atoms with E-state index >= 15 is 0 Å². The van der Waals surface area contributed by atoms with Crippen LogP contribution in [0.5, 0.6) is 11.5 Å². The fraction of sp³-hybridized carbons (Fsp3) is 0.133. The van der Waals surface area contributed by atoms with E-state index in [1.165, 1.54) is 26.4 Å². The van der Waals surface area contributed by atoms with Gasteiger partial charge in [-0.2, -0.15) is 0 Å². The first kappa shape index (κ1) is 13.9. The Labute approximate surface area is 115 Å². The normalized spacial score (nSPS) is 10.2. The van der Waals surface area contributed by atoms with E-state index in [1.807, 2.05) is 0 Å². The Morgan fingerprint density at radius 3 is 2.15 bits per heavy atom. The topological polar surface area (TPSA) is 55.8 Å². The summed E-state index contributed by atoms with van der Waals surface area (Å²) in [6.45, 7) is 0. The third kappa shape index (κ3) is 2.71. The van der Waals surface area contributed by atoms with Crippen molar-refractivity contribution in [3.63, 3.8) is 0 Å². The smallest absolute Gasteiger partial charge is 0.336 e. The number of hydrogen-bond acceptors (Lipinski definition) is 3. The number of carbonyl (C=O) groups is 1. The van der Waals surface area contributed by atoms with Gasteiger partial charge >= 0.3 is 5.97 Å². The number of ether oxygens (including phenoxy) is 2. The van der Waals surface area contributed by atoms with E-state index in [1.54, 1.807) is 18.2 Å². The number of rotatable bonds is 4. The second-order valence-corrected chi connectivity index (χ2v) is 4.10. The number of carboxylic acids is 1. The first-order valence-corrected chi connectivity index (χ1v) is 5.81. The molecule has 0 aliphatic rings. The van der Waals surface area contributed by atoms with Crippen molar-refractivity contribution in [2.45, 2.75) is 0 Å². The zero-order valence-electron chi connectivity index (χ0n) is 11.0. The van der Waals surface area contributed by atoms with Gasteiger partial charge in [0.15, 0.2) is 0 Å². The molecule has 0 saturated heterocycles. The van der Waals surface area contributed by atoms with Crippen LogP contribution in [0.25, 0.3) is 11.1 Å². The third-order valence-corrected chi connectivity index (χ3v) is 2.87. The Balaban J connectivity index is 2.64. The zero-order valence-corrected chi connectivity index (χ0v) is 11.0. The summed E-state index contributed by atoms with van der Waals surface area (Å²) in [7, 11) is 3.00. The third-order valence-electron chi connectivity index (χ3n) is 2.87. The fourth-order valence-corrected chi connectivity index (χ4v) is 1.91. The molecule has 0 aliphatic heterocycles. The number of aromatic carboxylic acids is 1. The molecule has 0 atom stereocenters. The molecule has 0 fully saturated rings. The Hall–Kier alpha value is -2.56. The number of halogens is 1. The summed E-state index contributed by atoms with van der Waals surface area (Å²) in [5.74, 6) is -0.734. The van der Waals surface area contributed by atoms with Crippen molar-refractivity contribution in [1.29, 1.82) is 0 Å². The highest BCUT2D eigenvalue weighted by Gasteiger charge is 2.14. The van der Waals surface area contributed by atoms with Crippen LogP contribution in [0.1, 0.15) is 10.4 Å². The quantitative estimate of drug-likeness (QED) is 0.931. The Bertz CT molecular complexity index is 630. The molecule has 1 N–H and O–H groups in total. The molecule has 0 radical (unpaired) electrons. The lowest BCUT2D eigenvalue weighted by Crippen LogP contribution is -2.01. The molecule has 104 valence electrons. The van der Waals surface area contributed by atoms with Crippen LogP contribution in [0.15, 0.2) is 36.4 Å². The second-order valence-electron chi connectivity index (χ2n) is 4.10. The Morgan fingerprint density at radius 1 is 1.05 bits per heavy atom. The van der Waals surface area contributed by atoms with Crippen LogP contribution in [-0.4, -0.2) is 25.3 Å². The van der Waals surface area contributed by atoms with E-state index in [4.69, 9.17) is 9.47 Å². The van der Waals surface area contributed by atoms with Crippen LogP contribution in [0, 0.1) is 5.82 Å². The summed E-state index contributed by atoms with van der Waals surface area (Å²) < 4.78 is 23.5. The molecule has 0 aromatic heterocycles. The van der Waals surface area contributed by atoms with Gasteiger partial charge in [0, 0.05) is 6.07 Å². The summed E-state index contributed by atoms with van der Waals surface area (Å²) >= 11 is 0. The lowest BCUT2D eigenvalue weighted by molar-refractivity contribution is 0.0697. The van der Waals surface area contributed by atoms with Gasteiger partial charge in [-0.05, 0) is 35.4 Å². The summed E-state index contributed by atoms with van der Waals surface area (Å²) in [4.78, 5) is 11.2. The van der Waals surface area contributed by atoms with Gasteiger partial charge in [-0.15, -0.1) is 0 Å². The molecule has 0 amide bonds. The molecule has 0 saturated carbocycles. The first-order chi connectivity index (χ1) is 9.55. The van der Waals surface area contributed by atoms with Gasteiger partial charge in [-0.25, -0.2) is 9.18 Å². The van der Waals surface area contributed by atoms with Gasteiger partial charge in [-0.3, -0.25) is 0 Å². The number of benzene rings is 2. The largest absolute Gasteiger partial charge is 0.497 e. The molecular formula is C15H13FO4. The van der Waals surface area contributed by atoms with Gasteiger partial charge in [-0.1, -0.05) is 6.07 Å². The highest BCUT2D eigenvalue weighted by Crippen LogP contribution is 2.32. The van der Waals surface area contributed by atoms with E-state index in [2.05, 4.69) is 0 Å². The van der Waals surface area contributed by atoms with E-state index in [0.29, 0.717) is 22.6 Å². The van der Waals surface area contributed by atoms with Gasteiger partial charge < -0.3 is 14.6 Å². The van der Waals surface area contributed by atoms with Crippen molar-refractivity contribution in [2.75, 3.05) is 14.2 Å². The SMILES string of the molecule is COc1cc(OC)cc(-c2ccc(F)cc2C(=O)O)c1. The maximum absolute atomic E-state index is 13.2. The van der Waals surface area contributed by atoms with Crippen molar-refractivity contribution >= 4 is 5.97 Å². The van der Waals surface area contributed by atoms with Crippen LogP contribution in [0.4, 0.5) is 4.39 Å². The molecule has 2 rings (SSSR count). The monoisotopic (exact) mass is 276 g/mol. The zero-order chi connectivity index (χ0) is 14.7. The number of carboxylic acid groups (broad SMARTS) is 1. The van der Waals surface area contributed by atoms with Gasteiger partial charge in [0.1, 0.15) is 17.3 Å².